The van der Waals surface area contributed by atoms with Crippen molar-refractivity contribution in [1.82, 2.24) is 4.57 Å². The maximum absolute atomic E-state index is 12.1. The molecule has 3 rings (SSSR count). The standard InChI is InChI=1S/C19H18N2O2/c1-13(22)19-18(20)17(14-6-4-3-5-7-14)12-21(19)15-8-10-16(23-2)11-9-15/h3-12H,20H2,1-2H3. The van der Waals surface area contributed by atoms with Gasteiger partial charge < -0.3 is 15.0 Å². The highest BCUT2D eigenvalue weighted by Gasteiger charge is 2.18. The molecule has 0 bridgehead atoms. The van der Waals surface area contributed by atoms with E-state index in [-0.39, 0.29) is 5.78 Å². The minimum absolute atomic E-state index is 0.0690. The van der Waals surface area contributed by atoms with Crippen LogP contribution in [-0.2, 0) is 0 Å². The third-order valence-corrected chi connectivity index (χ3v) is 3.81. The van der Waals surface area contributed by atoms with Crippen LogP contribution in [0.4, 0.5) is 5.69 Å². The van der Waals surface area contributed by atoms with E-state index in [2.05, 4.69) is 0 Å². The van der Waals surface area contributed by atoms with E-state index in [4.69, 9.17) is 10.5 Å². The minimum atomic E-state index is -0.0690. The fourth-order valence-electron chi connectivity index (χ4n) is 2.67. The van der Waals surface area contributed by atoms with Gasteiger partial charge in [0, 0.05) is 24.4 Å². The van der Waals surface area contributed by atoms with Crippen LogP contribution in [0.2, 0.25) is 0 Å². The highest BCUT2D eigenvalue weighted by atomic mass is 16.5. The molecule has 4 nitrogen and oxygen atoms in total. The largest absolute Gasteiger partial charge is 0.497 e. The normalized spacial score (nSPS) is 10.5. The van der Waals surface area contributed by atoms with Gasteiger partial charge in [-0.3, -0.25) is 4.79 Å². The quantitative estimate of drug-likeness (QED) is 0.743. The van der Waals surface area contributed by atoms with E-state index >= 15 is 0 Å². The first-order valence-corrected chi connectivity index (χ1v) is 7.33. The van der Waals surface area contributed by atoms with Crippen molar-refractivity contribution in [3.63, 3.8) is 0 Å². The van der Waals surface area contributed by atoms with E-state index in [1.54, 1.807) is 7.11 Å². The highest BCUT2D eigenvalue weighted by Crippen LogP contribution is 2.33. The van der Waals surface area contributed by atoms with Crippen LogP contribution in [0.25, 0.3) is 16.8 Å². The summed E-state index contributed by atoms with van der Waals surface area (Å²) >= 11 is 0. The van der Waals surface area contributed by atoms with Gasteiger partial charge in [-0.15, -0.1) is 0 Å². The Hall–Kier alpha value is -3.01. The molecule has 0 amide bonds. The summed E-state index contributed by atoms with van der Waals surface area (Å²) in [6.45, 7) is 1.53. The van der Waals surface area contributed by atoms with Crippen molar-refractivity contribution in [2.75, 3.05) is 12.8 Å². The lowest BCUT2D eigenvalue weighted by Gasteiger charge is -2.08. The van der Waals surface area contributed by atoms with Crippen molar-refractivity contribution >= 4 is 11.5 Å². The molecule has 3 aromatic rings. The Kier molecular flexibility index (Phi) is 3.89. The second-order valence-corrected chi connectivity index (χ2v) is 5.30. The van der Waals surface area contributed by atoms with Crippen molar-refractivity contribution in [2.45, 2.75) is 6.92 Å². The Morgan fingerprint density at radius 1 is 1.04 bits per heavy atom. The third-order valence-electron chi connectivity index (χ3n) is 3.81. The maximum atomic E-state index is 12.1. The molecule has 2 aromatic carbocycles. The van der Waals surface area contributed by atoms with Gasteiger partial charge in [0.25, 0.3) is 0 Å². The number of anilines is 1. The summed E-state index contributed by atoms with van der Waals surface area (Å²) in [5.41, 5.74) is 9.96. The smallest absolute Gasteiger partial charge is 0.178 e. The Bertz CT molecular complexity index is 834. The van der Waals surface area contributed by atoms with Crippen LogP contribution in [0, 0.1) is 0 Å². The number of ketones is 1. The Morgan fingerprint density at radius 3 is 2.26 bits per heavy atom. The lowest BCUT2D eigenvalue weighted by molar-refractivity contribution is 0.101. The molecule has 0 aliphatic rings. The number of carbonyl (C=O) groups excluding carboxylic acids is 1. The summed E-state index contributed by atoms with van der Waals surface area (Å²) in [5.74, 6) is 0.696. The molecule has 1 heterocycles. The molecule has 0 spiro atoms. The fraction of sp³-hybridized carbons (Fsp3) is 0.105. The molecule has 23 heavy (non-hydrogen) atoms. The number of carbonyl (C=O) groups is 1. The van der Waals surface area contributed by atoms with Gasteiger partial charge in [-0.2, -0.15) is 0 Å². The van der Waals surface area contributed by atoms with E-state index < -0.39 is 0 Å². The topological polar surface area (TPSA) is 57.2 Å². The average Bonchev–Trinajstić information content (AvgIpc) is 2.93. The molecule has 0 fully saturated rings. The predicted molar refractivity (Wildman–Crippen MR) is 92.2 cm³/mol. The number of benzene rings is 2. The van der Waals surface area contributed by atoms with Crippen LogP contribution in [0.1, 0.15) is 17.4 Å². The maximum Gasteiger partial charge on any atom is 0.178 e. The molecule has 2 N–H and O–H groups in total. The first-order valence-electron chi connectivity index (χ1n) is 7.33. The van der Waals surface area contributed by atoms with Gasteiger partial charge in [0.2, 0.25) is 0 Å². The lowest BCUT2D eigenvalue weighted by Crippen LogP contribution is -2.06. The number of nitrogens with zero attached hydrogens (tertiary/aromatic N) is 1. The highest BCUT2D eigenvalue weighted by molar-refractivity contribution is 6.02. The number of ether oxygens (including phenoxy) is 1. The first-order chi connectivity index (χ1) is 11.1. The summed E-state index contributed by atoms with van der Waals surface area (Å²) in [4.78, 5) is 12.1. The van der Waals surface area contributed by atoms with Crippen LogP contribution in [-0.4, -0.2) is 17.5 Å². The van der Waals surface area contributed by atoms with Gasteiger partial charge in [-0.25, -0.2) is 0 Å². The molecule has 1 aromatic heterocycles. The zero-order valence-electron chi connectivity index (χ0n) is 13.1. The second-order valence-electron chi connectivity index (χ2n) is 5.30. The van der Waals surface area contributed by atoms with Crippen LogP contribution in [0.5, 0.6) is 5.75 Å². The fourth-order valence-corrected chi connectivity index (χ4v) is 2.67. The van der Waals surface area contributed by atoms with Crippen LogP contribution < -0.4 is 10.5 Å². The van der Waals surface area contributed by atoms with E-state index in [0.717, 1.165) is 22.6 Å². The van der Waals surface area contributed by atoms with E-state index in [1.165, 1.54) is 6.92 Å². The number of rotatable bonds is 4. The van der Waals surface area contributed by atoms with Gasteiger partial charge in [0.15, 0.2) is 5.78 Å². The molecule has 0 atom stereocenters. The summed E-state index contributed by atoms with van der Waals surface area (Å²) in [6.07, 6.45) is 1.91. The van der Waals surface area contributed by atoms with Crippen LogP contribution in [0.15, 0.2) is 60.8 Å². The molecule has 0 saturated heterocycles. The monoisotopic (exact) mass is 306 g/mol. The molecule has 0 aliphatic heterocycles. The zero-order valence-corrected chi connectivity index (χ0v) is 13.1. The van der Waals surface area contributed by atoms with Crippen molar-refractivity contribution in [2.24, 2.45) is 0 Å². The second kappa shape index (κ2) is 6.01. The number of nitrogens with two attached hydrogens (primary N) is 1. The lowest BCUT2D eigenvalue weighted by atomic mass is 10.1. The minimum Gasteiger partial charge on any atom is -0.497 e. The molecule has 0 aliphatic carbocycles. The van der Waals surface area contributed by atoms with Crippen LogP contribution in [0.3, 0.4) is 0 Å². The number of hydrogen-bond acceptors (Lipinski definition) is 3. The van der Waals surface area contributed by atoms with Gasteiger partial charge in [0.1, 0.15) is 11.4 Å². The summed E-state index contributed by atoms with van der Waals surface area (Å²) < 4.78 is 7.01. The predicted octanol–water partition coefficient (Wildman–Crippen LogP) is 3.94. The van der Waals surface area contributed by atoms with Gasteiger partial charge in [-0.1, -0.05) is 30.3 Å². The van der Waals surface area contributed by atoms with Crippen molar-refractivity contribution in [3.8, 4) is 22.6 Å². The molecule has 0 radical (unpaired) electrons. The third kappa shape index (κ3) is 2.71. The van der Waals surface area contributed by atoms with Gasteiger partial charge in [-0.05, 0) is 29.8 Å². The molecule has 0 unspecified atom stereocenters. The van der Waals surface area contributed by atoms with Crippen molar-refractivity contribution in [1.29, 1.82) is 0 Å². The van der Waals surface area contributed by atoms with Gasteiger partial charge in [0.05, 0.1) is 12.8 Å². The molecule has 4 heteroatoms. The van der Waals surface area contributed by atoms with E-state index in [9.17, 15) is 4.79 Å². The number of methoxy groups -OCH3 is 1. The van der Waals surface area contributed by atoms with E-state index in [0.29, 0.717) is 11.4 Å². The number of hydrogen-bond donors (Lipinski definition) is 1. The van der Waals surface area contributed by atoms with Crippen molar-refractivity contribution in [3.05, 3.63) is 66.5 Å². The zero-order chi connectivity index (χ0) is 16.4. The van der Waals surface area contributed by atoms with Crippen LogP contribution >= 0.6 is 0 Å². The SMILES string of the molecule is COc1ccc(-n2cc(-c3ccccc3)c(N)c2C(C)=O)cc1. The Labute approximate surface area is 135 Å². The summed E-state index contributed by atoms with van der Waals surface area (Å²) in [7, 11) is 1.62. The Balaban J connectivity index is 2.18. The summed E-state index contributed by atoms with van der Waals surface area (Å²) in [5, 5.41) is 0. The van der Waals surface area contributed by atoms with Crippen molar-refractivity contribution < 1.29 is 9.53 Å². The first kappa shape index (κ1) is 14.9. The molecular formula is C19H18N2O2. The Morgan fingerprint density at radius 2 is 1.70 bits per heavy atom. The number of Topliss-reactive ketones (excluding diaryl/α,β-unsaturated/α-hetero) is 1. The number of aromatic nitrogens is 1. The van der Waals surface area contributed by atoms with E-state index in [1.807, 2.05) is 65.4 Å². The number of nitrogen functional groups attached to an aromatic ring is 1. The summed E-state index contributed by atoms with van der Waals surface area (Å²) in [6, 6.07) is 17.3. The molecule has 116 valence electrons. The average molecular weight is 306 g/mol. The van der Waals surface area contributed by atoms with Gasteiger partial charge >= 0.3 is 0 Å². The molecule has 0 saturated carbocycles. The molecular weight excluding hydrogens is 288 g/mol.